The second-order valence-corrected chi connectivity index (χ2v) is 6.03. The fourth-order valence-electron chi connectivity index (χ4n) is 2.04. The first kappa shape index (κ1) is 19.4. The summed E-state index contributed by atoms with van der Waals surface area (Å²) >= 11 is 5.86. The molecule has 0 radical (unpaired) electrons. The van der Waals surface area contributed by atoms with Crippen molar-refractivity contribution in [2.24, 2.45) is 5.10 Å². The summed E-state index contributed by atoms with van der Waals surface area (Å²) in [5.74, 6) is -0.578. The van der Waals surface area contributed by atoms with Crippen molar-refractivity contribution in [1.82, 2.24) is 5.43 Å². The molecule has 6 heteroatoms. The number of hydrogen-bond acceptors (Lipinski definition) is 3. The van der Waals surface area contributed by atoms with Crippen molar-refractivity contribution in [2.75, 3.05) is 5.32 Å². The number of rotatable bonds is 7. The molecule has 0 heterocycles. The zero-order chi connectivity index (χ0) is 18.8. The molecule has 2 N–H and O–H groups in total. The Bertz CT molecular complexity index is 817. The van der Waals surface area contributed by atoms with E-state index in [9.17, 15) is 9.59 Å². The SMILES string of the molecule is CC(C=Cc1ccccc1)=NNC(=O)CCC(=O)Nc1cccc(Cl)c1. The second-order valence-electron chi connectivity index (χ2n) is 5.59. The molecule has 134 valence electrons. The van der Waals surface area contributed by atoms with Crippen molar-refractivity contribution in [3.63, 3.8) is 0 Å². The van der Waals surface area contributed by atoms with Crippen LogP contribution >= 0.6 is 11.6 Å². The van der Waals surface area contributed by atoms with E-state index in [-0.39, 0.29) is 24.7 Å². The Morgan fingerprint density at radius 1 is 1.04 bits per heavy atom. The number of nitrogens with zero attached hydrogens (tertiary/aromatic N) is 1. The number of allylic oxidation sites excluding steroid dienone is 1. The summed E-state index contributed by atoms with van der Waals surface area (Å²) in [6.45, 7) is 1.78. The van der Waals surface area contributed by atoms with E-state index in [1.54, 1.807) is 31.2 Å². The van der Waals surface area contributed by atoms with Gasteiger partial charge in [0.25, 0.3) is 0 Å². The summed E-state index contributed by atoms with van der Waals surface area (Å²) in [4.78, 5) is 23.6. The van der Waals surface area contributed by atoms with Crippen LogP contribution in [0, 0.1) is 0 Å². The minimum absolute atomic E-state index is 0.0472. The average molecular weight is 370 g/mol. The number of anilines is 1. The van der Waals surface area contributed by atoms with E-state index in [0.29, 0.717) is 16.4 Å². The summed E-state index contributed by atoms with van der Waals surface area (Å²) in [5.41, 5.74) is 4.75. The highest BCUT2D eigenvalue weighted by Crippen LogP contribution is 2.15. The zero-order valence-corrected chi connectivity index (χ0v) is 15.2. The van der Waals surface area contributed by atoms with Crippen LogP contribution in [0.4, 0.5) is 5.69 Å². The third kappa shape index (κ3) is 7.32. The van der Waals surface area contributed by atoms with Crippen LogP contribution in [0.3, 0.4) is 0 Å². The van der Waals surface area contributed by atoms with Gasteiger partial charge in [0.1, 0.15) is 0 Å². The van der Waals surface area contributed by atoms with E-state index in [0.717, 1.165) is 5.56 Å². The predicted molar refractivity (Wildman–Crippen MR) is 106 cm³/mol. The number of hydrogen-bond donors (Lipinski definition) is 2. The number of carbonyl (C=O) groups excluding carboxylic acids is 2. The van der Waals surface area contributed by atoms with E-state index < -0.39 is 0 Å². The van der Waals surface area contributed by atoms with Crippen LogP contribution in [0.5, 0.6) is 0 Å². The van der Waals surface area contributed by atoms with E-state index in [1.807, 2.05) is 42.5 Å². The second kappa shape index (κ2) is 10.2. The van der Waals surface area contributed by atoms with Crippen molar-refractivity contribution >= 4 is 40.9 Å². The topological polar surface area (TPSA) is 70.6 Å². The van der Waals surface area contributed by atoms with Gasteiger partial charge in [0.05, 0.1) is 5.71 Å². The zero-order valence-electron chi connectivity index (χ0n) is 14.4. The van der Waals surface area contributed by atoms with Crippen molar-refractivity contribution < 1.29 is 9.59 Å². The van der Waals surface area contributed by atoms with Gasteiger partial charge in [0.15, 0.2) is 0 Å². The molecule has 0 aliphatic heterocycles. The molecule has 2 rings (SSSR count). The van der Waals surface area contributed by atoms with Crippen LogP contribution in [-0.2, 0) is 9.59 Å². The summed E-state index contributed by atoms with van der Waals surface area (Å²) in [6.07, 6.45) is 3.82. The van der Waals surface area contributed by atoms with Gasteiger partial charge >= 0.3 is 0 Å². The molecule has 2 aromatic carbocycles. The highest BCUT2D eigenvalue weighted by Gasteiger charge is 2.07. The highest BCUT2D eigenvalue weighted by atomic mass is 35.5. The van der Waals surface area contributed by atoms with Gasteiger partial charge in [-0.25, -0.2) is 5.43 Å². The summed E-state index contributed by atoms with van der Waals surface area (Å²) in [6, 6.07) is 16.6. The molecule has 2 amide bonds. The molecule has 0 fully saturated rings. The number of benzene rings is 2. The first-order valence-electron chi connectivity index (χ1n) is 8.14. The minimum atomic E-state index is -0.321. The molecule has 2 aromatic rings. The Labute approximate surface area is 157 Å². The van der Waals surface area contributed by atoms with Crippen LogP contribution < -0.4 is 10.7 Å². The predicted octanol–water partition coefficient (Wildman–Crippen LogP) is 4.26. The fourth-order valence-corrected chi connectivity index (χ4v) is 2.23. The van der Waals surface area contributed by atoms with E-state index in [2.05, 4.69) is 15.8 Å². The lowest BCUT2D eigenvalue weighted by atomic mass is 10.2. The molecule has 5 nitrogen and oxygen atoms in total. The Kier molecular flexibility index (Phi) is 7.58. The van der Waals surface area contributed by atoms with Gasteiger partial charge in [-0.05, 0) is 36.8 Å². The number of nitrogens with one attached hydrogen (secondary N) is 2. The molecule has 0 aliphatic rings. The lowest BCUT2D eigenvalue weighted by molar-refractivity contribution is -0.124. The third-order valence-corrected chi connectivity index (χ3v) is 3.60. The number of carbonyl (C=O) groups is 2. The molecule has 0 unspecified atom stereocenters. The Balaban J connectivity index is 1.74. The molecule has 0 spiro atoms. The number of halogens is 1. The van der Waals surface area contributed by atoms with Crippen LogP contribution in [0.2, 0.25) is 5.02 Å². The van der Waals surface area contributed by atoms with Gasteiger partial charge in [-0.2, -0.15) is 5.10 Å². The standard InChI is InChI=1S/C20H20ClN3O2/c1-15(10-11-16-6-3-2-4-7-16)23-24-20(26)13-12-19(25)22-18-9-5-8-17(21)14-18/h2-11,14H,12-13H2,1H3,(H,22,25)(H,24,26). The fraction of sp³-hybridized carbons (Fsp3) is 0.150. The van der Waals surface area contributed by atoms with E-state index >= 15 is 0 Å². The van der Waals surface area contributed by atoms with Crippen molar-refractivity contribution in [3.8, 4) is 0 Å². The quantitative estimate of drug-likeness (QED) is 0.565. The maximum absolute atomic E-state index is 11.8. The van der Waals surface area contributed by atoms with Gasteiger partial charge in [-0.1, -0.05) is 54.1 Å². The Hall–Kier alpha value is -2.92. The van der Waals surface area contributed by atoms with Crippen molar-refractivity contribution in [1.29, 1.82) is 0 Å². The normalized spacial score (nSPS) is 11.4. The third-order valence-electron chi connectivity index (χ3n) is 3.36. The van der Waals surface area contributed by atoms with Gasteiger partial charge in [-0.3, -0.25) is 9.59 Å². The van der Waals surface area contributed by atoms with Crippen molar-refractivity contribution in [2.45, 2.75) is 19.8 Å². The molecule has 0 saturated heterocycles. The van der Waals surface area contributed by atoms with Crippen LogP contribution in [0.15, 0.2) is 65.8 Å². The largest absolute Gasteiger partial charge is 0.326 e. The van der Waals surface area contributed by atoms with Crippen LogP contribution in [-0.4, -0.2) is 17.5 Å². The van der Waals surface area contributed by atoms with Crippen molar-refractivity contribution in [3.05, 3.63) is 71.3 Å². The van der Waals surface area contributed by atoms with Gasteiger partial charge < -0.3 is 5.32 Å². The summed E-state index contributed by atoms with van der Waals surface area (Å²) in [5, 5.41) is 7.22. The molecule has 0 bridgehead atoms. The highest BCUT2D eigenvalue weighted by molar-refractivity contribution is 6.30. The number of hydrazone groups is 1. The molecular weight excluding hydrogens is 350 g/mol. The average Bonchev–Trinajstić information content (AvgIpc) is 2.64. The van der Waals surface area contributed by atoms with Gasteiger partial charge in [0.2, 0.25) is 11.8 Å². The monoisotopic (exact) mass is 369 g/mol. The first-order valence-corrected chi connectivity index (χ1v) is 8.52. The molecule has 26 heavy (non-hydrogen) atoms. The lowest BCUT2D eigenvalue weighted by Crippen LogP contribution is -2.21. The van der Waals surface area contributed by atoms with Crippen LogP contribution in [0.25, 0.3) is 6.08 Å². The van der Waals surface area contributed by atoms with Crippen LogP contribution in [0.1, 0.15) is 25.3 Å². The minimum Gasteiger partial charge on any atom is -0.326 e. The molecule has 0 aliphatic carbocycles. The van der Waals surface area contributed by atoms with Gasteiger partial charge in [0, 0.05) is 23.6 Å². The Morgan fingerprint density at radius 2 is 1.77 bits per heavy atom. The molecule has 0 atom stereocenters. The van der Waals surface area contributed by atoms with E-state index in [4.69, 9.17) is 11.6 Å². The van der Waals surface area contributed by atoms with E-state index in [1.165, 1.54) is 0 Å². The Morgan fingerprint density at radius 3 is 2.50 bits per heavy atom. The maximum Gasteiger partial charge on any atom is 0.240 e. The van der Waals surface area contributed by atoms with Gasteiger partial charge in [-0.15, -0.1) is 0 Å². The summed E-state index contributed by atoms with van der Waals surface area (Å²) < 4.78 is 0. The molecule has 0 aromatic heterocycles. The lowest BCUT2D eigenvalue weighted by Gasteiger charge is -2.05. The maximum atomic E-state index is 11.8. The first-order chi connectivity index (χ1) is 12.5. The molecule has 0 saturated carbocycles. The number of amides is 2. The summed E-state index contributed by atoms with van der Waals surface area (Å²) in [7, 11) is 0. The molecular formula is C20H20ClN3O2. The smallest absolute Gasteiger partial charge is 0.240 e.